The van der Waals surface area contributed by atoms with Crippen molar-refractivity contribution in [1.29, 1.82) is 0 Å². The monoisotopic (exact) mass is 330 g/mol. The van der Waals surface area contributed by atoms with Crippen molar-refractivity contribution in [2.45, 2.75) is 0 Å². The van der Waals surface area contributed by atoms with Crippen molar-refractivity contribution in [2.75, 3.05) is 10.7 Å². The number of anilines is 2. The van der Waals surface area contributed by atoms with Crippen LogP contribution < -0.4 is 16.6 Å². The molecule has 2 rings (SSSR count). The van der Waals surface area contributed by atoms with E-state index in [2.05, 4.69) is 15.7 Å². The maximum Gasteiger partial charge on any atom is 0.274 e. The maximum atomic E-state index is 12.0. The first kappa shape index (κ1) is 14.9. The minimum absolute atomic E-state index is 0.214. The van der Waals surface area contributed by atoms with Gasteiger partial charge in [-0.15, -0.1) is 0 Å². The Morgan fingerprint density at radius 3 is 2.40 bits per heavy atom. The van der Waals surface area contributed by atoms with E-state index < -0.39 is 5.91 Å². The smallest absolute Gasteiger partial charge is 0.274 e. The summed E-state index contributed by atoms with van der Waals surface area (Å²) >= 11 is 17.7. The Morgan fingerprint density at radius 1 is 1.10 bits per heavy atom. The van der Waals surface area contributed by atoms with Gasteiger partial charge in [-0.25, -0.2) is 4.98 Å². The Morgan fingerprint density at radius 2 is 1.80 bits per heavy atom. The summed E-state index contributed by atoms with van der Waals surface area (Å²) in [6, 6.07) is 6.07. The standard InChI is InChI=1S/C12H9Cl3N4O/c13-7-3-9(15)11(4-8(7)14)18-12(20)10-2-1-6(19-16)5-17-10/h1-5,19H,16H2,(H,18,20). The molecule has 2 aromatic rings. The molecule has 0 aliphatic carbocycles. The van der Waals surface area contributed by atoms with Crippen LogP contribution in [0.5, 0.6) is 0 Å². The topological polar surface area (TPSA) is 80.0 Å². The summed E-state index contributed by atoms with van der Waals surface area (Å²) in [7, 11) is 0. The van der Waals surface area contributed by atoms with Crippen LogP contribution in [0.15, 0.2) is 30.5 Å². The summed E-state index contributed by atoms with van der Waals surface area (Å²) in [5.41, 5.74) is 3.58. The van der Waals surface area contributed by atoms with Gasteiger partial charge in [0, 0.05) is 0 Å². The Hall–Kier alpha value is -1.53. The van der Waals surface area contributed by atoms with E-state index in [9.17, 15) is 4.79 Å². The van der Waals surface area contributed by atoms with E-state index >= 15 is 0 Å². The van der Waals surface area contributed by atoms with Crippen LogP contribution in [0.2, 0.25) is 15.1 Å². The molecule has 8 heteroatoms. The van der Waals surface area contributed by atoms with Crippen LogP contribution in [0.25, 0.3) is 0 Å². The second-order valence-corrected chi connectivity index (χ2v) is 5.00. The minimum atomic E-state index is -0.422. The number of amides is 1. The highest BCUT2D eigenvalue weighted by Gasteiger charge is 2.12. The molecule has 0 fully saturated rings. The van der Waals surface area contributed by atoms with Crippen LogP contribution in [0.4, 0.5) is 11.4 Å². The molecular formula is C12H9Cl3N4O. The van der Waals surface area contributed by atoms with Crippen LogP contribution in [0.1, 0.15) is 10.5 Å². The molecule has 0 saturated heterocycles. The average Bonchev–Trinajstić information content (AvgIpc) is 2.44. The van der Waals surface area contributed by atoms with E-state index in [-0.39, 0.29) is 10.7 Å². The Labute approximate surface area is 130 Å². The van der Waals surface area contributed by atoms with Crippen LogP contribution in [-0.2, 0) is 0 Å². The SMILES string of the molecule is NNc1ccc(C(=O)Nc2cc(Cl)c(Cl)cc2Cl)nc1. The highest BCUT2D eigenvalue weighted by Crippen LogP contribution is 2.32. The first-order chi connectivity index (χ1) is 9.51. The molecule has 1 aromatic heterocycles. The third-order valence-electron chi connectivity index (χ3n) is 2.42. The van der Waals surface area contributed by atoms with Crippen molar-refractivity contribution in [1.82, 2.24) is 4.98 Å². The van der Waals surface area contributed by atoms with E-state index in [1.165, 1.54) is 24.4 Å². The zero-order valence-corrected chi connectivity index (χ0v) is 12.2. The Bertz CT molecular complexity index is 646. The number of carbonyl (C=O) groups is 1. The number of nitrogen functional groups attached to an aromatic ring is 1. The number of hydrogen-bond acceptors (Lipinski definition) is 4. The predicted octanol–water partition coefficient (Wildman–Crippen LogP) is 3.58. The van der Waals surface area contributed by atoms with Gasteiger partial charge in [0.15, 0.2) is 0 Å². The second-order valence-electron chi connectivity index (χ2n) is 3.78. The molecule has 0 aliphatic heterocycles. The molecular weight excluding hydrogens is 323 g/mol. The number of pyridine rings is 1. The number of hydrogen-bond donors (Lipinski definition) is 3. The molecule has 1 amide bonds. The molecule has 0 bridgehead atoms. The van der Waals surface area contributed by atoms with Gasteiger partial charge in [-0.05, 0) is 24.3 Å². The summed E-state index contributed by atoms with van der Waals surface area (Å²) in [6.45, 7) is 0. The van der Waals surface area contributed by atoms with Crippen molar-refractivity contribution in [2.24, 2.45) is 5.84 Å². The number of benzene rings is 1. The number of nitrogens with two attached hydrogens (primary N) is 1. The van der Waals surface area contributed by atoms with E-state index in [1.54, 1.807) is 6.07 Å². The van der Waals surface area contributed by atoms with Crippen molar-refractivity contribution in [3.63, 3.8) is 0 Å². The van der Waals surface area contributed by atoms with Crippen molar-refractivity contribution in [3.8, 4) is 0 Å². The Kier molecular flexibility index (Phi) is 4.67. The molecule has 0 radical (unpaired) electrons. The molecule has 1 heterocycles. The lowest BCUT2D eigenvalue weighted by atomic mass is 10.3. The van der Waals surface area contributed by atoms with Crippen molar-refractivity contribution < 1.29 is 4.79 Å². The number of rotatable bonds is 3. The van der Waals surface area contributed by atoms with Crippen molar-refractivity contribution in [3.05, 3.63) is 51.2 Å². The highest BCUT2D eigenvalue weighted by atomic mass is 35.5. The highest BCUT2D eigenvalue weighted by molar-refractivity contribution is 6.44. The molecule has 0 unspecified atom stereocenters. The first-order valence-corrected chi connectivity index (χ1v) is 6.53. The average molecular weight is 332 g/mol. The van der Waals surface area contributed by atoms with Crippen LogP contribution in [0, 0.1) is 0 Å². The number of carbonyl (C=O) groups excluding carboxylic acids is 1. The largest absolute Gasteiger partial charge is 0.323 e. The molecule has 0 spiro atoms. The number of nitrogens with one attached hydrogen (secondary N) is 2. The second kappa shape index (κ2) is 6.28. The van der Waals surface area contributed by atoms with Gasteiger partial charge in [-0.3, -0.25) is 10.6 Å². The molecule has 104 valence electrons. The molecule has 1 aromatic carbocycles. The molecule has 0 atom stereocenters. The third-order valence-corrected chi connectivity index (χ3v) is 3.46. The van der Waals surface area contributed by atoms with Gasteiger partial charge in [0.25, 0.3) is 5.91 Å². The third kappa shape index (κ3) is 3.32. The fourth-order valence-electron chi connectivity index (χ4n) is 1.42. The summed E-state index contributed by atoms with van der Waals surface area (Å²) in [5, 5.41) is 3.49. The van der Waals surface area contributed by atoms with E-state index in [1.807, 2.05) is 0 Å². The van der Waals surface area contributed by atoms with Gasteiger partial charge < -0.3 is 10.7 Å². The van der Waals surface area contributed by atoms with Gasteiger partial charge in [-0.1, -0.05) is 34.8 Å². The van der Waals surface area contributed by atoms with Crippen LogP contribution in [0.3, 0.4) is 0 Å². The van der Waals surface area contributed by atoms with Gasteiger partial charge in [0.1, 0.15) is 5.69 Å². The lowest BCUT2D eigenvalue weighted by Gasteiger charge is -2.08. The normalized spacial score (nSPS) is 10.2. The van der Waals surface area contributed by atoms with Crippen LogP contribution in [-0.4, -0.2) is 10.9 Å². The summed E-state index contributed by atoms with van der Waals surface area (Å²) in [6.07, 6.45) is 1.44. The quantitative estimate of drug-likeness (QED) is 0.456. The molecule has 4 N–H and O–H groups in total. The van der Waals surface area contributed by atoms with E-state index in [0.717, 1.165) is 0 Å². The predicted molar refractivity (Wildman–Crippen MR) is 81.5 cm³/mol. The number of nitrogens with zero attached hydrogens (tertiary/aromatic N) is 1. The van der Waals surface area contributed by atoms with E-state index in [0.29, 0.717) is 21.4 Å². The fourth-order valence-corrected chi connectivity index (χ4v) is 2.01. The maximum absolute atomic E-state index is 12.0. The van der Waals surface area contributed by atoms with Crippen molar-refractivity contribution >= 4 is 52.1 Å². The summed E-state index contributed by atoms with van der Waals surface area (Å²) in [5.74, 6) is 4.79. The molecule has 20 heavy (non-hydrogen) atoms. The molecule has 0 saturated carbocycles. The number of aromatic nitrogens is 1. The lowest BCUT2D eigenvalue weighted by Crippen LogP contribution is -2.14. The summed E-state index contributed by atoms with van der Waals surface area (Å²) in [4.78, 5) is 16.0. The lowest BCUT2D eigenvalue weighted by molar-refractivity contribution is 0.102. The zero-order valence-electron chi connectivity index (χ0n) is 9.95. The fraction of sp³-hybridized carbons (Fsp3) is 0. The van der Waals surface area contributed by atoms with Gasteiger partial charge >= 0.3 is 0 Å². The molecule has 5 nitrogen and oxygen atoms in total. The van der Waals surface area contributed by atoms with Gasteiger partial charge in [-0.2, -0.15) is 0 Å². The van der Waals surface area contributed by atoms with Gasteiger partial charge in [0.05, 0.1) is 32.6 Å². The minimum Gasteiger partial charge on any atom is -0.323 e. The zero-order chi connectivity index (χ0) is 14.7. The van der Waals surface area contributed by atoms with Crippen LogP contribution >= 0.6 is 34.8 Å². The Balaban J connectivity index is 2.20. The number of halogens is 3. The molecule has 0 aliphatic rings. The van der Waals surface area contributed by atoms with E-state index in [4.69, 9.17) is 40.6 Å². The summed E-state index contributed by atoms with van der Waals surface area (Å²) < 4.78 is 0. The first-order valence-electron chi connectivity index (χ1n) is 5.40. The number of hydrazine groups is 1. The van der Waals surface area contributed by atoms with Gasteiger partial charge in [0.2, 0.25) is 0 Å².